The predicted octanol–water partition coefficient (Wildman–Crippen LogP) is 4.49. The minimum atomic E-state index is -0.176. The zero-order valence-electron chi connectivity index (χ0n) is 16.6. The summed E-state index contributed by atoms with van der Waals surface area (Å²) in [5, 5.41) is 2.93. The lowest BCUT2D eigenvalue weighted by Gasteiger charge is -2.11. The molecule has 1 N–H and O–H groups in total. The second kappa shape index (κ2) is 8.57. The zero-order chi connectivity index (χ0) is 20.9. The molecule has 148 valence electrons. The highest BCUT2D eigenvalue weighted by atomic mass is 16.1. The summed E-state index contributed by atoms with van der Waals surface area (Å²) >= 11 is 0. The molecule has 0 saturated heterocycles. The van der Waals surface area contributed by atoms with E-state index in [1.807, 2.05) is 54.6 Å². The summed E-state index contributed by atoms with van der Waals surface area (Å²) < 4.78 is 1.68. The highest BCUT2D eigenvalue weighted by molar-refractivity contribution is 6.08. The summed E-state index contributed by atoms with van der Waals surface area (Å²) in [5.74, 6) is 0.0416. The lowest BCUT2D eigenvalue weighted by Crippen LogP contribution is -2.15. The Morgan fingerprint density at radius 3 is 2.30 bits per heavy atom. The van der Waals surface area contributed by atoms with E-state index in [0.717, 1.165) is 11.1 Å². The van der Waals surface area contributed by atoms with E-state index in [9.17, 15) is 9.59 Å². The van der Waals surface area contributed by atoms with E-state index >= 15 is 0 Å². The van der Waals surface area contributed by atoms with E-state index in [4.69, 9.17) is 0 Å². The van der Waals surface area contributed by atoms with Gasteiger partial charge < -0.3 is 9.88 Å². The minimum absolute atomic E-state index is 0.159. The van der Waals surface area contributed by atoms with Crippen molar-refractivity contribution in [2.24, 2.45) is 7.05 Å². The molecule has 0 radical (unpaired) electrons. The molecule has 30 heavy (non-hydrogen) atoms. The Balaban J connectivity index is 1.49. The number of carbonyl (C=O) groups excluding carboxylic acids is 2. The van der Waals surface area contributed by atoms with Gasteiger partial charge in [-0.2, -0.15) is 0 Å². The standard InChI is InChI=1S/C25H21N3O2/c1-28-16-15-26-24(28)23(29)19-11-13-21(14-12-19)27-25(30)22-10-6-5-9-20(22)17-18-7-3-2-4-8-18/h2-16H,17H2,1H3,(H,27,30). The molecule has 1 aromatic heterocycles. The van der Waals surface area contributed by atoms with Gasteiger partial charge >= 0.3 is 0 Å². The molecule has 0 fully saturated rings. The highest BCUT2D eigenvalue weighted by Crippen LogP contribution is 2.18. The number of carbonyl (C=O) groups is 2. The lowest BCUT2D eigenvalue weighted by molar-refractivity contribution is 0.101. The third kappa shape index (κ3) is 4.20. The number of benzene rings is 3. The normalized spacial score (nSPS) is 10.6. The van der Waals surface area contributed by atoms with Gasteiger partial charge in [0.25, 0.3) is 5.91 Å². The smallest absolute Gasteiger partial charge is 0.255 e. The van der Waals surface area contributed by atoms with Gasteiger partial charge in [-0.3, -0.25) is 9.59 Å². The summed E-state index contributed by atoms with van der Waals surface area (Å²) in [5.41, 5.74) is 3.89. The number of aromatic nitrogens is 2. The monoisotopic (exact) mass is 395 g/mol. The van der Waals surface area contributed by atoms with Gasteiger partial charge in [0.15, 0.2) is 5.82 Å². The Labute approximate surface area is 175 Å². The van der Waals surface area contributed by atoms with Crippen LogP contribution < -0.4 is 5.32 Å². The predicted molar refractivity (Wildman–Crippen MR) is 117 cm³/mol. The van der Waals surface area contributed by atoms with Crippen LogP contribution in [0.15, 0.2) is 91.3 Å². The summed E-state index contributed by atoms with van der Waals surface area (Å²) in [6.07, 6.45) is 4.00. The molecule has 3 aromatic carbocycles. The van der Waals surface area contributed by atoms with Gasteiger partial charge in [-0.1, -0.05) is 48.5 Å². The van der Waals surface area contributed by atoms with Gasteiger partial charge in [-0.25, -0.2) is 4.98 Å². The number of rotatable bonds is 6. The average Bonchev–Trinajstić information content (AvgIpc) is 3.20. The maximum Gasteiger partial charge on any atom is 0.255 e. The Morgan fingerprint density at radius 2 is 1.60 bits per heavy atom. The second-order valence-corrected chi connectivity index (χ2v) is 7.04. The topological polar surface area (TPSA) is 64.0 Å². The highest BCUT2D eigenvalue weighted by Gasteiger charge is 2.15. The van der Waals surface area contributed by atoms with Crippen molar-refractivity contribution >= 4 is 17.4 Å². The largest absolute Gasteiger partial charge is 0.331 e. The molecule has 0 bridgehead atoms. The van der Waals surface area contributed by atoms with Gasteiger partial charge in [-0.05, 0) is 47.9 Å². The fourth-order valence-electron chi connectivity index (χ4n) is 3.33. The van der Waals surface area contributed by atoms with Crippen LogP contribution in [0.4, 0.5) is 5.69 Å². The van der Waals surface area contributed by atoms with Crippen LogP contribution in [0.2, 0.25) is 0 Å². The maximum absolute atomic E-state index is 12.9. The van der Waals surface area contributed by atoms with Crippen molar-refractivity contribution in [3.63, 3.8) is 0 Å². The number of nitrogens with one attached hydrogen (secondary N) is 1. The zero-order valence-corrected chi connectivity index (χ0v) is 16.6. The number of hydrogen-bond donors (Lipinski definition) is 1. The molecule has 0 spiro atoms. The fourth-order valence-corrected chi connectivity index (χ4v) is 3.33. The molecule has 5 nitrogen and oxygen atoms in total. The van der Waals surface area contributed by atoms with Crippen molar-refractivity contribution in [3.05, 3.63) is 119 Å². The molecule has 0 aliphatic carbocycles. The molecule has 0 saturated carbocycles. The Kier molecular flexibility index (Phi) is 5.52. The molecule has 0 aliphatic heterocycles. The lowest BCUT2D eigenvalue weighted by atomic mass is 9.99. The first-order valence-corrected chi connectivity index (χ1v) is 9.67. The van der Waals surface area contributed by atoms with Crippen molar-refractivity contribution in [1.29, 1.82) is 0 Å². The van der Waals surface area contributed by atoms with Gasteiger partial charge in [0.2, 0.25) is 5.78 Å². The SMILES string of the molecule is Cn1ccnc1C(=O)c1ccc(NC(=O)c2ccccc2Cc2ccccc2)cc1. The molecule has 1 amide bonds. The first-order valence-electron chi connectivity index (χ1n) is 9.67. The molecule has 0 aliphatic rings. The first-order chi connectivity index (χ1) is 14.6. The third-order valence-electron chi connectivity index (χ3n) is 4.93. The summed E-state index contributed by atoms with van der Waals surface area (Å²) in [7, 11) is 1.78. The van der Waals surface area contributed by atoms with Crippen molar-refractivity contribution in [2.45, 2.75) is 6.42 Å². The average molecular weight is 395 g/mol. The number of aryl methyl sites for hydroxylation is 1. The van der Waals surface area contributed by atoms with Gasteiger partial charge in [0, 0.05) is 36.3 Å². The van der Waals surface area contributed by atoms with E-state index in [-0.39, 0.29) is 11.7 Å². The van der Waals surface area contributed by atoms with Crippen LogP contribution in [0, 0.1) is 0 Å². The first kappa shape index (κ1) is 19.3. The molecular formula is C25H21N3O2. The molecule has 0 unspecified atom stereocenters. The molecule has 4 rings (SSSR count). The molecule has 4 aromatic rings. The number of anilines is 1. The summed E-state index contributed by atoms with van der Waals surface area (Å²) in [6.45, 7) is 0. The van der Waals surface area contributed by atoms with Crippen molar-refractivity contribution in [2.75, 3.05) is 5.32 Å². The Bertz CT molecular complexity index is 1180. The van der Waals surface area contributed by atoms with Gasteiger partial charge in [0.05, 0.1) is 0 Å². The van der Waals surface area contributed by atoms with Crippen LogP contribution in [-0.2, 0) is 13.5 Å². The van der Waals surface area contributed by atoms with Crippen LogP contribution in [0.25, 0.3) is 0 Å². The van der Waals surface area contributed by atoms with Crippen LogP contribution in [-0.4, -0.2) is 21.2 Å². The van der Waals surface area contributed by atoms with E-state index in [0.29, 0.717) is 29.1 Å². The van der Waals surface area contributed by atoms with Gasteiger partial charge in [0.1, 0.15) is 0 Å². The Hall–Kier alpha value is -3.99. The van der Waals surface area contributed by atoms with Crippen molar-refractivity contribution < 1.29 is 9.59 Å². The van der Waals surface area contributed by atoms with E-state index in [2.05, 4.69) is 10.3 Å². The number of ketones is 1. The Morgan fingerprint density at radius 1 is 0.900 bits per heavy atom. The molecule has 5 heteroatoms. The van der Waals surface area contributed by atoms with Gasteiger partial charge in [-0.15, -0.1) is 0 Å². The minimum Gasteiger partial charge on any atom is -0.331 e. The molecule has 0 atom stereocenters. The van der Waals surface area contributed by atoms with Crippen LogP contribution in [0.1, 0.15) is 37.7 Å². The summed E-state index contributed by atoms with van der Waals surface area (Å²) in [4.78, 5) is 29.5. The molecular weight excluding hydrogens is 374 g/mol. The van der Waals surface area contributed by atoms with E-state index in [1.165, 1.54) is 0 Å². The van der Waals surface area contributed by atoms with Crippen LogP contribution in [0.3, 0.4) is 0 Å². The molecule has 1 heterocycles. The van der Waals surface area contributed by atoms with Crippen molar-refractivity contribution in [1.82, 2.24) is 9.55 Å². The fraction of sp³-hybridized carbons (Fsp3) is 0.0800. The number of nitrogens with zero attached hydrogens (tertiary/aromatic N) is 2. The third-order valence-corrected chi connectivity index (χ3v) is 4.93. The van der Waals surface area contributed by atoms with Crippen LogP contribution >= 0.6 is 0 Å². The quantitative estimate of drug-likeness (QED) is 0.489. The maximum atomic E-state index is 12.9. The number of hydrogen-bond acceptors (Lipinski definition) is 3. The number of imidazole rings is 1. The van der Waals surface area contributed by atoms with Crippen molar-refractivity contribution in [3.8, 4) is 0 Å². The van der Waals surface area contributed by atoms with E-state index < -0.39 is 0 Å². The van der Waals surface area contributed by atoms with E-state index in [1.54, 1.807) is 48.3 Å². The number of amides is 1. The second-order valence-electron chi connectivity index (χ2n) is 7.04. The summed E-state index contributed by atoms with van der Waals surface area (Å²) in [6, 6.07) is 24.5. The van der Waals surface area contributed by atoms with Crippen LogP contribution in [0.5, 0.6) is 0 Å².